The topological polar surface area (TPSA) is 47.9 Å². The number of hydrogen-bond donors (Lipinski definition) is 2. The first-order valence-electron chi connectivity index (χ1n) is 10.5. The van der Waals surface area contributed by atoms with E-state index in [9.17, 15) is 5.11 Å². The number of hydrogen-bond acceptors (Lipinski definition) is 4. The van der Waals surface area contributed by atoms with E-state index in [1.54, 1.807) is 12.1 Å². The fourth-order valence-corrected chi connectivity index (χ4v) is 4.68. The number of nitrogens with one attached hydrogen (secondary N) is 1. The quantitative estimate of drug-likeness (QED) is 0.747. The van der Waals surface area contributed by atoms with Gasteiger partial charge in [0.2, 0.25) is 0 Å². The highest BCUT2D eigenvalue weighted by Crippen LogP contribution is 2.38. The minimum absolute atomic E-state index is 0.0176. The van der Waals surface area contributed by atoms with E-state index in [-0.39, 0.29) is 17.5 Å². The van der Waals surface area contributed by atoms with E-state index < -0.39 is 0 Å². The molecule has 154 valence electrons. The number of aromatic hydroxyl groups is 1. The molecule has 0 unspecified atom stereocenters. The molecule has 0 aromatic heterocycles. The molecule has 4 nitrogen and oxygen atoms in total. The number of aryl methyl sites for hydroxylation is 2. The normalized spacial score (nSPS) is 21.9. The van der Waals surface area contributed by atoms with E-state index >= 15 is 0 Å². The third-order valence-corrected chi connectivity index (χ3v) is 6.76. The molecule has 2 aromatic rings. The predicted octanol–water partition coefficient (Wildman–Crippen LogP) is 5.00. The lowest BCUT2D eigenvalue weighted by Crippen LogP contribution is -2.56. The van der Waals surface area contributed by atoms with E-state index in [2.05, 4.69) is 49.2 Å². The first-order chi connectivity index (χ1) is 13.9. The highest BCUT2D eigenvalue weighted by Gasteiger charge is 2.40. The molecular formula is C24H30ClN3O. The Morgan fingerprint density at radius 1 is 1.14 bits per heavy atom. The number of piperidine rings is 1. The summed E-state index contributed by atoms with van der Waals surface area (Å²) >= 11 is 6.27. The standard InChI is InChI=1S/C24H30ClN3O/c1-4-28-11-9-24(10-12-28)26-21(18-6-5-16(2)17(3)13-18)15-22(27-24)20-14-19(25)7-8-23(20)29/h5-8,13-14,22,27,29H,4,9-12,15H2,1-3H3/t22-/m0/s1. The van der Waals surface area contributed by atoms with Gasteiger partial charge in [0, 0.05) is 41.8 Å². The molecular weight excluding hydrogens is 382 g/mol. The van der Waals surface area contributed by atoms with Crippen molar-refractivity contribution in [2.45, 2.75) is 51.7 Å². The van der Waals surface area contributed by atoms with Crippen LogP contribution >= 0.6 is 11.6 Å². The molecule has 29 heavy (non-hydrogen) atoms. The molecule has 2 N–H and O–H groups in total. The monoisotopic (exact) mass is 411 g/mol. The molecule has 2 aliphatic rings. The van der Waals surface area contributed by atoms with Gasteiger partial charge >= 0.3 is 0 Å². The van der Waals surface area contributed by atoms with Crippen LogP contribution in [0.5, 0.6) is 5.75 Å². The summed E-state index contributed by atoms with van der Waals surface area (Å²) in [5.74, 6) is 0.286. The van der Waals surface area contributed by atoms with Gasteiger partial charge in [-0.15, -0.1) is 0 Å². The van der Waals surface area contributed by atoms with Gasteiger partial charge < -0.3 is 10.0 Å². The second-order valence-corrected chi connectivity index (χ2v) is 8.86. The van der Waals surface area contributed by atoms with E-state index in [4.69, 9.17) is 16.6 Å². The summed E-state index contributed by atoms with van der Waals surface area (Å²) in [6.45, 7) is 9.63. The lowest BCUT2D eigenvalue weighted by atomic mass is 9.87. The first kappa shape index (κ1) is 20.4. The zero-order chi connectivity index (χ0) is 20.6. The Labute approximate surface area is 178 Å². The second-order valence-electron chi connectivity index (χ2n) is 8.43. The summed E-state index contributed by atoms with van der Waals surface area (Å²) in [5, 5.41) is 15.0. The van der Waals surface area contributed by atoms with Gasteiger partial charge in [-0.3, -0.25) is 10.3 Å². The van der Waals surface area contributed by atoms with Crippen molar-refractivity contribution in [2.24, 2.45) is 4.99 Å². The van der Waals surface area contributed by atoms with E-state index in [1.807, 2.05) is 6.07 Å². The van der Waals surface area contributed by atoms with Crippen LogP contribution in [0.3, 0.4) is 0 Å². The van der Waals surface area contributed by atoms with Crippen LogP contribution in [0.25, 0.3) is 0 Å². The van der Waals surface area contributed by atoms with Crippen molar-refractivity contribution in [2.75, 3.05) is 19.6 Å². The first-order valence-corrected chi connectivity index (χ1v) is 10.9. The number of nitrogens with zero attached hydrogens (tertiary/aromatic N) is 2. The van der Waals surface area contributed by atoms with E-state index in [0.717, 1.165) is 50.2 Å². The predicted molar refractivity (Wildman–Crippen MR) is 120 cm³/mol. The zero-order valence-corrected chi connectivity index (χ0v) is 18.3. The molecule has 1 atom stereocenters. The summed E-state index contributed by atoms with van der Waals surface area (Å²) in [4.78, 5) is 7.75. The van der Waals surface area contributed by atoms with Crippen LogP contribution in [0.15, 0.2) is 41.4 Å². The third-order valence-electron chi connectivity index (χ3n) is 6.52. The molecule has 1 fully saturated rings. The van der Waals surface area contributed by atoms with Crippen molar-refractivity contribution in [1.82, 2.24) is 10.2 Å². The van der Waals surface area contributed by atoms with Gasteiger partial charge in [-0.2, -0.15) is 0 Å². The minimum atomic E-state index is -0.294. The van der Waals surface area contributed by atoms with E-state index in [0.29, 0.717) is 5.02 Å². The number of likely N-dealkylation sites (tertiary alicyclic amines) is 1. The van der Waals surface area contributed by atoms with Gasteiger partial charge in [-0.05, 0) is 74.2 Å². The third kappa shape index (κ3) is 4.20. The molecule has 0 amide bonds. The number of phenols is 1. The van der Waals surface area contributed by atoms with Crippen molar-refractivity contribution < 1.29 is 5.11 Å². The average Bonchev–Trinajstić information content (AvgIpc) is 2.72. The SMILES string of the molecule is CCN1CCC2(CC1)N=C(c1ccc(C)c(C)c1)C[C@@H](c1cc(Cl)ccc1O)N2. The highest BCUT2D eigenvalue weighted by molar-refractivity contribution is 6.30. The average molecular weight is 412 g/mol. The molecule has 0 aliphatic carbocycles. The largest absolute Gasteiger partial charge is 0.508 e. The number of rotatable bonds is 3. The highest BCUT2D eigenvalue weighted by atomic mass is 35.5. The van der Waals surface area contributed by atoms with Gasteiger partial charge in [0.05, 0.1) is 0 Å². The van der Waals surface area contributed by atoms with Gasteiger partial charge in [0.15, 0.2) is 0 Å². The number of aliphatic imine (C=N–C) groups is 1. The van der Waals surface area contributed by atoms with Crippen LogP contribution in [0, 0.1) is 13.8 Å². The van der Waals surface area contributed by atoms with Gasteiger partial charge in [0.1, 0.15) is 11.4 Å². The van der Waals surface area contributed by atoms with Crippen molar-refractivity contribution in [3.05, 3.63) is 63.7 Å². The maximum atomic E-state index is 10.5. The summed E-state index contributed by atoms with van der Waals surface area (Å²) in [5.41, 5.74) is 5.42. The molecule has 1 saturated heterocycles. The zero-order valence-electron chi connectivity index (χ0n) is 17.5. The molecule has 0 bridgehead atoms. The Kier molecular flexibility index (Phi) is 5.69. The lowest BCUT2D eigenvalue weighted by molar-refractivity contribution is 0.129. The van der Waals surface area contributed by atoms with Crippen LogP contribution in [0.2, 0.25) is 5.02 Å². The van der Waals surface area contributed by atoms with Crippen LogP contribution < -0.4 is 5.32 Å². The molecule has 0 radical (unpaired) electrons. The molecule has 4 rings (SSSR count). The number of benzene rings is 2. The van der Waals surface area contributed by atoms with E-state index in [1.165, 1.54) is 16.7 Å². The molecule has 2 aromatic carbocycles. The minimum Gasteiger partial charge on any atom is -0.508 e. The Morgan fingerprint density at radius 2 is 1.90 bits per heavy atom. The fourth-order valence-electron chi connectivity index (χ4n) is 4.50. The van der Waals surface area contributed by atoms with Crippen LogP contribution in [-0.4, -0.2) is 41.0 Å². The van der Waals surface area contributed by atoms with Gasteiger partial charge in [-0.1, -0.05) is 30.7 Å². The fraction of sp³-hybridized carbons (Fsp3) is 0.458. The second kappa shape index (κ2) is 8.10. The van der Waals surface area contributed by atoms with Crippen LogP contribution in [0.1, 0.15) is 54.5 Å². The molecule has 5 heteroatoms. The summed E-state index contributed by atoms with van der Waals surface area (Å²) in [6.07, 6.45) is 2.66. The number of phenolic OH excluding ortho intramolecular Hbond substituents is 1. The van der Waals surface area contributed by atoms with Gasteiger partial charge in [0.25, 0.3) is 0 Å². The number of halogens is 1. The Bertz CT molecular complexity index is 932. The van der Waals surface area contributed by atoms with Crippen molar-refractivity contribution in [3.63, 3.8) is 0 Å². The Morgan fingerprint density at radius 3 is 2.59 bits per heavy atom. The summed E-state index contributed by atoms with van der Waals surface area (Å²) < 4.78 is 0. The molecule has 2 heterocycles. The molecule has 0 saturated carbocycles. The Balaban J connectivity index is 1.74. The molecule has 1 spiro atoms. The lowest BCUT2D eigenvalue weighted by Gasteiger charge is -2.45. The smallest absolute Gasteiger partial charge is 0.120 e. The molecule has 2 aliphatic heterocycles. The van der Waals surface area contributed by atoms with Crippen molar-refractivity contribution >= 4 is 17.3 Å². The van der Waals surface area contributed by atoms with Gasteiger partial charge in [-0.25, -0.2) is 0 Å². The van der Waals surface area contributed by atoms with Crippen molar-refractivity contribution in [3.8, 4) is 5.75 Å². The van der Waals surface area contributed by atoms with Crippen molar-refractivity contribution in [1.29, 1.82) is 0 Å². The maximum Gasteiger partial charge on any atom is 0.120 e. The van der Waals surface area contributed by atoms with Crippen LogP contribution in [0.4, 0.5) is 0 Å². The maximum absolute atomic E-state index is 10.5. The van der Waals surface area contributed by atoms with Crippen LogP contribution in [-0.2, 0) is 0 Å². The summed E-state index contributed by atoms with van der Waals surface area (Å²) in [7, 11) is 0. The summed E-state index contributed by atoms with van der Waals surface area (Å²) in [6, 6.07) is 11.9. The Hall–Kier alpha value is -1.88.